The lowest BCUT2D eigenvalue weighted by atomic mass is 10.1. The Hall–Kier alpha value is -1.49. The van der Waals surface area contributed by atoms with E-state index in [1.807, 2.05) is 0 Å². The van der Waals surface area contributed by atoms with Crippen LogP contribution in [0.5, 0.6) is 0 Å². The Morgan fingerprint density at radius 2 is 1.90 bits per heavy atom. The molecule has 3 aromatic rings. The maximum Gasteiger partial charge on any atom is 0.124 e. The molecule has 0 aliphatic rings. The summed E-state index contributed by atoms with van der Waals surface area (Å²) in [7, 11) is 0. The molecule has 0 aliphatic heterocycles. The third-order valence-corrected chi connectivity index (χ3v) is 4.78. The lowest BCUT2D eigenvalue weighted by molar-refractivity contribution is 1.07. The minimum absolute atomic E-state index is 0.570. The molecule has 0 aliphatic carbocycles. The number of aryl methyl sites for hydroxylation is 1. The van der Waals surface area contributed by atoms with E-state index < -0.39 is 0 Å². The zero-order chi connectivity index (χ0) is 14.8. The van der Waals surface area contributed by atoms with Gasteiger partial charge in [0.15, 0.2) is 0 Å². The minimum Gasteiger partial charge on any atom is -0.326 e. The Balaban J connectivity index is 1.95. The highest BCUT2D eigenvalue weighted by molar-refractivity contribution is 9.10. The van der Waals surface area contributed by atoms with Crippen molar-refractivity contribution in [1.82, 2.24) is 4.98 Å². The molecule has 0 amide bonds. The molecule has 0 radical (unpaired) electrons. The third-order valence-electron chi connectivity index (χ3n) is 3.41. The van der Waals surface area contributed by atoms with E-state index in [4.69, 9.17) is 10.7 Å². The number of rotatable bonds is 3. The second-order valence-electron chi connectivity index (χ2n) is 4.90. The van der Waals surface area contributed by atoms with E-state index in [0.717, 1.165) is 26.3 Å². The van der Waals surface area contributed by atoms with Crippen LogP contribution in [0.15, 0.2) is 52.3 Å². The zero-order valence-corrected chi connectivity index (χ0v) is 14.0. The number of nitrogens with zero attached hydrogens (tertiary/aromatic N) is 1. The first-order chi connectivity index (χ1) is 10.2. The first-order valence-corrected chi connectivity index (χ1v) is 8.36. The molecule has 4 heteroatoms. The topological polar surface area (TPSA) is 38.9 Å². The summed E-state index contributed by atoms with van der Waals surface area (Å²) in [6.45, 7) is 2.68. The van der Waals surface area contributed by atoms with Crippen molar-refractivity contribution in [3.8, 4) is 21.8 Å². The summed E-state index contributed by atoms with van der Waals surface area (Å²) in [6, 6.07) is 14.6. The van der Waals surface area contributed by atoms with E-state index in [-0.39, 0.29) is 0 Å². The molecule has 0 atom stereocenters. The largest absolute Gasteiger partial charge is 0.326 e. The second kappa shape index (κ2) is 6.10. The Labute approximate surface area is 136 Å². The van der Waals surface area contributed by atoms with Gasteiger partial charge in [-0.1, -0.05) is 46.3 Å². The molecule has 1 heterocycles. The van der Waals surface area contributed by atoms with Crippen molar-refractivity contribution >= 4 is 27.3 Å². The van der Waals surface area contributed by atoms with Crippen LogP contribution in [0.25, 0.3) is 21.8 Å². The summed E-state index contributed by atoms with van der Waals surface area (Å²) >= 11 is 5.17. The van der Waals surface area contributed by atoms with Gasteiger partial charge in [-0.05, 0) is 30.2 Å². The summed E-state index contributed by atoms with van der Waals surface area (Å²) in [5, 5.41) is 3.16. The average Bonchev–Trinajstić information content (AvgIpc) is 2.97. The van der Waals surface area contributed by atoms with Crippen LogP contribution in [0.1, 0.15) is 11.1 Å². The van der Waals surface area contributed by atoms with Gasteiger partial charge in [0.25, 0.3) is 0 Å². The summed E-state index contributed by atoms with van der Waals surface area (Å²) in [4.78, 5) is 4.77. The highest BCUT2D eigenvalue weighted by atomic mass is 79.9. The van der Waals surface area contributed by atoms with Gasteiger partial charge in [-0.3, -0.25) is 0 Å². The molecular formula is C17H15BrN2S. The van der Waals surface area contributed by atoms with Gasteiger partial charge in [-0.15, -0.1) is 11.3 Å². The number of aromatic nitrogens is 1. The average molecular weight is 359 g/mol. The monoisotopic (exact) mass is 358 g/mol. The Morgan fingerprint density at radius 1 is 1.14 bits per heavy atom. The number of halogens is 1. The van der Waals surface area contributed by atoms with Gasteiger partial charge in [-0.25, -0.2) is 4.98 Å². The molecule has 0 spiro atoms. The second-order valence-corrected chi connectivity index (χ2v) is 6.67. The highest BCUT2D eigenvalue weighted by Crippen LogP contribution is 2.32. The van der Waals surface area contributed by atoms with Crippen molar-refractivity contribution in [2.45, 2.75) is 13.5 Å². The molecule has 2 nitrogen and oxygen atoms in total. The lowest BCUT2D eigenvalue weighted by Gasteiger charge is -2.03. The number of hydrogen-bond acceptors (Lipinski definition) is 3. The van der Waals surface area contributed by atoms with Gasteiger partial charge >= 0.3 is 0 Å². The van der Waals surface area contributed by atoms with E-state index >= 15 is 0 Å². The number of nitrogens with two attached hydrogens (primary N) is 1. The van der Waals surface area contributed by atoms with Gasteiger partial charge in [0.05, 0.1) is 5.69 Å². The highest BCUT2D eigenvalue weighted by Gasteiger charge is 2.09. The molecule has 0 fully saturated rings. The first kappa shape index (κ1) is 14.4. The van der Waals surface area contributed by atoms with E-state index in [1.54, 1.807) is 11.3 Å². The standard InChI is InChI=1S/C17H15BrN2S/c1-11-8-14(18)6-7-15(11)17-20-16(10-21-17)13-4-2-12(9-19)3-5-13/h2-8,10H,9,19H2,1H3. The molecule has 0 bridgehead atoms. The summed E-state index contributed by atoms with van der Waals surface area (Å²) in [5.74, 6) is 0. The van der Waals surface area contributed by atoms with Crippen LogP contribution < -0.4 is 5.73 Å². The van der Waals surface area contributed by atoms with Crippen molar-refractivity contribution in [3.63, 3.8) is 0 Å². The van der Waals surface area contributed by atoms with Crippen LogP contribution >= 0.6 is 27.3 Å². The predicted molar refractivity (Wildman–Crippen MR) is 93.3 cm³/mol. The van der Waals surface area contributed by atoms with Gasteiger partial charge in [0, 0.05) is 27.5 Å². The van der Waals surface area contributed by atoms with Crippen LogP contribution in [0, 0.1) is 6.92 Å². The third kappa shape index (κ3) is 3.07. The van der Waals surface area contributed by atoms with Crippen LogP contribution in [0.3, 0.4) is 0 Å². The molecule has 0 unspecified atom stereocenters. The quantitative estimate of drug-likeness (QED) is 0.714. The molecule has 0 saturated heterocycles. The number of thiazole rings is 1. The van der Waals surface area contributed by atoms with E-state index in [1.165, 1.54) is 11.1 Å². The molecule has 0 saturated carbocycles. The molecule has 1 aromatic heterocycles. The number of benzene rings is 2. The summed E-state index contributed by atoms with van der Waals surface area (Å²) < 4.78 is 1.10. The normalized spacial score (nSPS) is 10.8. The van der Waals surface area contributed by atoms with Gasteiger partial charge in [0.2, 0.25) is 0 Å². The van der Waals surface area contributed by atoms with E-state index in [0.29, 0.717) is 6.54 Å². The van der Waals surface area contributed by atoms with Gasteiger partial charge < -0.3 is 5.73 Å². The Kier molecular flexibility index (Phi) is 4.19. The van der Waals surface area contributed by atoms with Crippen molar-refractivity contribution in [3.05, 3.63) is 63.4 Å². The molecule has 21 heavy (non-hydrogen) atoms. The van der Waals surface area contributed by atoms with Gasteiger partial charge in [-0.2, -0.15) is 0 Å². The zero-order valence-electron chi connectivity index (χ0n) is 11.6. The molecule has 2 N–H and O–H groups in total. The molecule has 3 rings (SSSR count). The Bertz CT molecular complexity index is 763. The maximum atomic E-state index is 5.63. The fourth-order valence-corrected chi connectivity index (χ4v) is 3.60. The SMILES string of the molecule is Cc1cc(Br)ccc1-c1nc(-c2ccc(CN)cc2)cs1. The Morgan fingerprint density at radius 3 is 2.57 bits per heavy atom. The van der Waals surface area contributed by atoms with Crippen molar-refractivity contribution in [2.75, 3.05) is 0 Å². The first-order valence-electron chi connectivity index (χ1n) is 6.69. The van der Waals surface area contributed by atoms with E-state index in [9.17, 15) is 0 Å². The molecule has 2 aromatic carbocycles. The smallest absolute Gasteiger partial charge is 0.124 e. The lowest BCUT2D eigenvalue weighted by Crippen LogP contribution is -1.95. The maximum absolute atomic E-state index is 5.63. The fraction of sp³-hybridized carbons (Fsp3) is 0.118. The van der Waals surface area contributed by atoms with Crippen molar-refractivity contribution < 1.29 is 0 Å². The predicted octanol–water partition coefficient (Wildman–Crippen LogP) is 5.01. The molecular weight excluding hydrogens is 344 g/mol. The van der Waals surface area contributed by atoms with Crippen LogP contribution in [-0.4, -0.2) is 4.98 Å². The van der Waals surface area contributed by atoms with Crippen LogP contribution in [-0.2, 0) is 6.54 Å². The van der Waals surface area contributed by atoms with Crippen molar-refractivity contribution in [1.29, 1.82) is 0 Å². The number of hydrogen-bond donors (Lipinski definition) is 1. The minimum atomic E-state index is 0.570. The van der Waals surface area contributed by atoms with Crippen molar-refractivity contribution in [2.24, 2.45) is 5.73 Å². The summed E-state index contributed by atoms with van der Waals surface area (Å²) in [6.07, 6.45) is 0. The van der Waals surface area contributed by atoms with Crippen LogP contribution in [0.4, 0.5) is 0 Å². The summed E-state index contributed by atoms with van der Waals surface area (Å²) in [5.41, 5.74) is 11.3. The van der Waals surface area contributed by atoms with Gasteiger partial charge in [0.1, 0.15) is 5.01 Å². The van der Waals surface area contributed by atoms with E-state index in [2.05, 4.69) is 70.7 Å². The fourth-order valence-electron chi connectivity index (χ4n) is 2.21. The van der Waals surface area contributed by atoms with Crippen LogP contribution in [0.2, 0.25) is 0 Å². The molecule has 106 valence electrons.